The molecule has 0 atom stereocenters. The van der Waals surface area contributed by atoms with Crippen molar-refractivity contribution in [2.24, 2.45) is 0 Å². The van der Waals surface area contributed by atoms with Crippen molar-refractivity contribution in [2.75, 3.05) is 11.9 Å². The lowest BCUT2D eigenvalue weighted by molar-refractivity contribution is -0.119. The van der Waals surface area contributed by atoms with Gasteiger partial charge >= 0.3 is 5.97 Å². The molecular formula is C24H16N4O5. The third-order valence-electron chi connectivity index (χ3n) is 4.69. The number of ether oxygens (including phenoxy) is 1. The van der Waals surface area contributed by atoms with Gasteiger partial charge in [0.2, 0.25) is 0 Å². The summed E-state index contributed by atoms with van der Waals surface area (Å²) < 4.78 is 16.2. The van der Waals surface area contributed by atoms with E-state index >= 15 is 0 Å². The summed E-state index contributed by atoms with van der Waals surface area (Å²) in [4.78, 5) is 37.8. The molecule has 0 fully saturated rings. The Kier molecular flexibility index (Phi) is 5.34. The molecule has 4 heterocycles. The molecule has 0 spiro atoms. The zero-order valence-corrected chi connectivity index (χ0v) is 17.1. The zero-order valence-electron chi connectivity index (χ0n) is 17.1. The van der Waals surface area contributed by atoms with Crippen molar-refractivity contribution in [1.29, 1.82) is 0 Å². The van der Waals surface area contributed by atoms with Gasteiger partial charge in [0.15, 0.2) is 18.1 Å². The minimum Gasteiger partial charge on any atom is -0.463 e. The first-order valence-electron chi connectivity index (χ1n) is 9.94. The number of amides is 1. The molecule has 4 aromatic heterocycles. The average molecular weight is 440 g/mol. The highest BCUT2D eigenvalue weighted by atomic mass is 16.5. The smallest absolute Gasteiger partial charge is 0.338 e. The van der Waals surface area contributed by atoms with Crippen LogP contribution in [0.1, 0.15) is 10.4 Å². The largest absolute Gasteiger partial charge is 0.463 e. The second-order valence-corrected chi connectivity index (χ2v) is 6.94. The van der Waals surface area contributed by atoms with E-state index in [0.29, 0.717) is 39.6 Å². The minimum absolute atomic E-state index is 0.238. The molecule has 0 saturated carbocycles. The van der Waals surface area contributed by atoms with Gasteiger partial charge in [-0.1, -0.05) is 0 Å². The predicted molar refractivity (Wildman–Crippen MR) is 118 cm³/mol. The molecular weight excluding hydrogens is 424 g/mol. The number of nitrogens with zero attached hydrogens (tertiary/aromatic N) is 3. The standard InChI is InChI=1S/C24H16N4O5/c29-21(26-16-4-1-9-25-13-16)14-33-24(30)15-7-8-17-18(12-15)28-23(20-6-3-11-32-20)22(27-17)19-5-2-10-31-19/h1-13H,14H2,(H,26,29). The van der Waals surface area contributed by atoms with Crippen molar-refractivity contribution in [3.05, 3.63) is 85.1 Å². The molecule has 0 aliphatic heterocycles. The van der Waals surface area contributed by atoms with Crippen molar-refractivity contribution in [3.63, 3.8) is 0 Å². The Balaban J connectivity index is 1.39. The number of fused-ring (bicyclic) bond motifs is 1. The van der Waals surface area contributed by atoms with E-state index in [2.05, 4.69) is 20.3 Å². The zero-order chi connectivity index (χ0) is 22.6. The normalized spacial score (nSPS) is 10.8. The van der Waals surface area contributed by atoms with E-state index in [4.69, 9.17) is 13.6 Å². The first kappa shape index (κ1) is 20.1. The summed E-state index contributed by atoms with van der Waals surface area (Å²) in [5, 5.41) is 2.60. The van der Waals surface area contributed by atoms with Crippen molar-refractivity contribution in [3.8, 4) is 22.9 Å². The van der Waals surface area contributed by atoms with Gasteiger partial charge in [-0.2, -0.15) is 0 Å². The van der Waals surface area contributed by atoms with Gasteiger partial charge in [0.1, 0.15) is 11.4 Å². The lowest BCUT2D eigenvalue weighted by Crippen LogP contribution is -2.21. The number of carbonyl (C=O) groups excluding carboxylic acids is 2. The van der Waals surface area contributed by atoms with Gasteiger partial charge in [-0.05, 0) is 54.6 Å². The van der Waals surface area contributed by atoms with Crippen molar-refractivity contribution < 1.29 is 23.2 Å². The number of hydrogen-bond donors (Lipinski definition) is 1. The summed E-state index contributed by atoms with van der Waals surface area (Å²) in [5.41, 5.74) is 2.77. The highest BCUT2D eigenvalue weighted by Gasteiger charge is 2.18. The maximum Gasteiger partial charge on any atom is 0.338 e. The van der Waals surface area contributed by atoms with Crippen LogP contribution in [-0.4, -0.2) is 33.4 Å². The average Bonchev–Trinajstić information content (AvgIpc) is 3.57. The number of carbonyl (C=O) groups is 2. The van der Waals surface area contributed by atoms with E-state index in [1.165, 1.54) is 12.5 Å². The second kappa shape index (κ2) is 8.75. The SMILES string of the molecule is O=C(COC(=O)c1ccc2nc(-c3ccco3)c(-c3ccco3)nc2c1)Nc1cccnc1. The van der Waals surface area contributed by atoms with E-state index < -0.39 is 18.5 Å². The second-order valence-electron chi connectivity index (χ2n) is 6.94. The van der Waals surface area contributed by atoms with Crippen LogP contribution in [0.5, 0.6) is 0 Å². The molecule has 0 bridgehead atoms. The van der Waals surface area contributed by atoms with E-state index in [-0.39, 0.29) is 5.56 Å². The van der Waals surface area contributed by atoms with Gasteiger partial charge in [0.25, 0.3) is 5.91 Å². The van der Waals surface area contributed by atoms with Crippen LogP contribution in [0.3, 0.4) is 0 Å². The lowest BCUT2D eigenvalue weighted by Gasteiger charge is -2.09. The number of nitrogens with one attached hydrogen (secondary N) is 1. The Bertz CT molecular complexity index is 1410. The number of aromatic nitrogens is 3. The molecule has 9 nitrogen and oxygen atoms in total. The molecule has 0 saturated heterocycles. The van der Waals surface area contributed by atoms with Crippen LogP contribution in [0.2, 0.25) is 0 Å². The van der Waals surface area contributed by atoms with Gasteiger partial charge in [-0.25, -0.2) is 14.8 Å². The van der Waals surface area contributed by atoms with Gasteiger partial charge < -0.3 is 18.9 Å². The molecule has 0 unspecified atom stereocenters. The molecule has 33 heavy (non-hydrogen) atoms. The van der Waals surface area contributed by atoms with E-state index in [1.54, 1.807) is 67.1 Å². The fourth-order valence-electron chi connectivity index (χ4n) is 3.20. The predicted octanol–water partition coefficient (Wildman–Crippen LogP) is 4.34. The molecule has 0 aliphatic rings. The summed E-state index contributed by atoms with van der Waals surface area (Å²) in [6, 6.07) is 15.2. The first-order chi connectivity index (χ1) is 16.2. The highest BCUT2D eigenvalue weighted by Crippen LogP contribution is 2.31. The quantitative estimate of drug-likeness (QED) is 0.387. The maximum absolute atomic E-state index is 12.5. The third-order valence-corrected chi connectivity index (χ3v) is 4.69. The Morgan fingerprint density at radius 1 is 0.879 bits per heavy atom. The Labute approximate surface area is 187 Å². The summed E-state index contributed by atoms with van der Waals surface area (Å²) in [7, 11) is 0. The Hall–Kier alpha value is -4.79. The fraction of sp³-hybridized carbons (Fsp3) is 0.0417. The number of hydrogen-bond acceptors (Lipinski definition) is 8. The highest BCUT2D eigenvalue weighted by molar-refractivity contribution is 5.97. The van der Waals surface area contributed by atoms with E-state index in [0.717, 1.165) is 0 Å². The number of esters is 1. The third kappa shape index (κ3) is 4.33. The number of rotatable bonds is 6. The van der Waals surface area contributed by atoms with Crippen molar-refractivity contribution >= 4 is 28.6 Å². The maximum atomic E-state index is 12.5. The molecule has 1 N–H and O–H groups in total. The number of furan rings is 2. The van der Waals surface area contributed by atoms with Gasteiger partial charge in [0, 0.05) is 6.20 Å². The van der Waals surface area contributed by atoms with Gasteiger partial charge in [-0.15, -0.1) is 0 Å². The topological polar surface area (TPSA) is 120 Å². The van der Waals surface area contributed by atoms with Crippen LogP contribution in [0, 0.1) is 0 Å². The minimum atomic E-state index is -0.658. The van der Waals surface area contributed by atoms with Crippen LogP contribution < -0.4 is 5.32 Å². The van der Waals surface area contributed by atoms with Crippen LogP contribution in [0.15, 0.2) is 88.4 Å². The number of pyridine rings is 1. The van der Waals surface area contributed by atoms with Gasteiger partial charge in [0.05, 0.1) is 41.0 Å². The fourth-order valence-corrected chi connectivity index (χ4v) is 3.20. The van der Waals surface area contributed by atoms with E-state index in [9.17, 15) is 9.59 Å². The summed E-state index contributed by atoms with van der Waals surface area (Å²) in [6.45, 7) is -0.438. The Morgan fingerprint density at radius 2 is 1.61 bits per heavy atom. The van der Waals surface area contributed by atoms with Crippen LogP contribution in [0.4, 0.5) is 5.69 Å². The summed E-state index contributed by atoms with van der Waals surface area (Å²) in [5.74, 6) is -0.0791. The molecule has 1 amide bonds. The van der Waals surface area contributed by atoms with Crippen LogP contribution >= 0.6 is 0 Å². The summed E-state index contributed by atoms with van der Waals surface area (Å²) >= 11 is 0. The summed E-state index contributed by atoms with van der Waals surface area (Å²) in [6.07, 6.45) is 6.18. The molecule has 5 aromatic rings. The molecule has 1 aromatic carbocycles. The molecule has 5 rings (SSSR count). The molecule has 9 heteroatoms. The lowest BCUT2D eigenvalue weighted by atomic mass is 10.1. The first-order valence-corrected chi connectivity index (χ1v) is 9.94. The molecule has 162 valence electrons. The van der Waals surface area contributed by atoms with Crippen LogP contribution in [-0.2, 0) is 9.53 Å². The number of benzene rings is 1. The van der Waals surface area contributed by atoms with Gasteiger partial charge in [-0.3, -0.25) is 9.78 Å². The monoisotopic (exact) mass is 440 g/mol. The molecule has 0 radical (unpaired) electrons. The molecule has 0 aliphatic carbocycles. The number of anilines is 1. The Morgan fingerprint density at radius 3 is 2.24 bits per heavy atom. The van der Waals surface area contributed by atoms with Crippen molar-refractivity contribution in [1.82, 2.24) is 15.0 Å². The van der Waals surface area contributed by atoms with Crippen molar-refractivity contribution in [2.45, 2.75) is 0 Å². The van der Waals surface area contributed by atoms with E-state index in [1.807, 2.05) is 0 Å². The van der Waals surface area contributed by atoms with Crippen LogP contribution in [0.25, 0.3) is 33.9 Å².